The van der Waals surface area contributed by atoms with Gasteiger partial charge in [0, 0.05) is 4.90 Å². The van der Waals surface area contributed by atoms with Crippen LogP contribution in [0, 0.1) is 12.3 Å². The van der Waals surface area contributed by atoms with Crippen LogP contribution in [-0.4, -0.2) is 22.5 Å². The molecule has 1 unspecified atom stereocenters. The first kappa shape index (κ1) is 15.4. The third-order valence-electron chi connectivity index (χ3n) is 1.21. The fourth-order valence-electron chi connectivity index (χ4n) is 0.649. The third-order valence-corrected chi connectivity index (χ3v) is 1.87. The van der Waals surface area contributed by atoms with Gasteiger partial charge in [0.2, 0.25) is 0 Å². The van der Waals surface area contributed by atoms with Crippen LogP contribution in [0.3, 0.4) is 0 Å². The van der Waals surface area contributed by atoms with Crippen molar-refractivity contribution in [3.05, 3.63) is 29.8 Å². The summed E-state index contributed by atoms with van der Waals surface area (Å²) in [4.78, 5) is 0.339. The molecule has 4 nitrogen and oxygen atoms in total. The molecule has 0 heterocycles. The van der Waals surface area contributed by atoms with E-state index in [0.29, 0.717) is 4.90 Å². The van der Waals surface area contributed by atoms with Crippen molar-refractivity contribution in [1.82, 2.24) is 0 Å². The van der Waals surface area contributed by atoms with E-state index in [0.717, 1.165) is 5.56 Å². The lowest BCUT2D eigenvalue weighted by Crippen LogP contribution is -1.87. The van der Waals surface area contributed by atoms with Crippen LogP contribution in [0.2, 0.25) is 0 Å². The van der Waals surface area contributed by atoms with E-state index in [9.17, 15) is 8.76 Å². The highest BCUT2D eigenvalue weighted by atomic mass is 32.2. The number of hydrogen-bond donors (Lipinski definition) is 2. The van der Waals surface area contributed by atoms with Gasteiger partial charge >= 0.3 is 0 Å². The zero-order valence-electron chi connectivity index (χ0n) is 8.32. The van der Waals surface area contributed by atoms with Gasteiger partial charge < -0.3 is 15.7 Å². The minimum absolute atomic E-state index is 0.339. The first-order valence-electron chi connectivity index (χ1n) is 3.79. The Bertz CT molecular complexity index is 262. The largest absolute Gasteiger partial charge is 0.768 e. The Balaban J connectivity index is 0. The number of rotatable bonds is 1. The molecule has 1 aromatic rings. The Morgan fingerprint density at radius 2 is 1.64 bits per heavy atom. The lowest BCUT2D eigenvalue weighted by atomic mass is 10.2. The standard InChI is InChI=1S/C7H8O2S.CH5N.CH3N/c1-6-2-4-7(5-3-6)10(8)9;2*1-2/h2-5H,1H3,(H,8,9);2H2,1H3;2H,1H2/p-1. The van der Waals surface area contributed by atoms with E-state index in [1.165, 1.54) is 7.05 Å². The van der Waals surface area contributed by atoms with E-state index < -0.39 is 11.1 Å². The molecule has 0 aliphatic carbocycles. The molecule has 0 aliphatic rings. The van der Waals surface area contributed by atoms with Crippen LogP contribution in [0.25, 0.3) is 0 Å². The van der Waals surface area contributed by atoms with E-state index in [2.05, 4.69) is 12.5 Å². The molecule has 80 valence electrons. The van der Waals surface area contributed by atoms with Crippen molar-refractivity contribution in [1.29, 1.82) is 5.41 Å². The summed E-state index contributed by atoms with van der Waals surface area (Å²) in [6.45, 7) is 4.41. The van der Waals surface area contributed by atoms with E-state index >= 15 is 0 Å². The van der Waals surface area contributed by atoms with E-state index in [4.69, 9.17) is 5.41 Å². The van der Waals surface area contributed by atoms with E-state index in [-0.39, 0.29) is 0 Å². The Labute approximate surface area is 86.9 Å². The van der Waals surface area contributed by atoms with Crippen LogP contribution in [0.5, 0.6) is 0 Å². The Hall–Kier alpha value is -1.04. The highest BCUT2D eigenvalue weighted by Gasteiger charge is 1.88. The third kappa shape index (κ3) is 6.47. The molecule has 1 aromatic carbocycles. The van der Waals surface area contributed by atoms with Gasteiger partial charge in [-0.3, -0.25) is 4.21 Å². The summed E-state index contributed by atoms with van der Waals surface area (Å²) in [5.74, 6) is 0. The number of hydrogen-bond acceptors (Lipinski definition) is 4. The van der Waals surface area contributed by atoms with Crippen LogP contribution in [0.15, 0.2) is 29.2 Å². The zero-order valence-corrected chi connectivity index (χ0v) is 9.14. The van der Waals surface area contributed by atoms with E-state index in [1.807, 2.05) is 6.92 Å². The van der Waals surface area contributed by atoms with Gasteiger partial charge in [0.25, 0.3) is 0 Å². The molecule has 0 saturated heterocycles. The second-order valence-corrected chi connectivity index (χ2v) is 2.99. The summed E-state index contributed by atoms with van der Waals surface area (Å²) in [5, 5.41) is 5.50. The van der Waals surface area contributed by atoms with Crippen LogP contribution in [-0.2, 0) is 11.1 Å². The molecule has 0 amide bonds. The summed E-state index contributed by atoms with van der Waals surface area (Å²) in [7, 11) is 1.50. The number of benzene rings is 1. The predicted molar refractivity (Wildman–Crippen MR) is 58.3 cm³/mol. The average Bonchev–Trinajstić information content (AvgIpc) is 2.24. The normalized spacial score (nSPS) is 10.0. The molecular formula is C9H15N2O2S-. The molecule has 1 atom stereocenters. The van der Waals surface area contributed by atoms with Gasteiger partial charge in [0.1, 0.15) is 0 Å². The maximum absolute atomic E-state index is 10.3. The highest BCUT2D eigenvalue weighted by molar-refractivity contribution is 7.79. The lowest BCUT2D eigenvalue weighted by Gasteiger charge is -2.03. The highest BCUT2D eigenvalue weighted by Crippen LogP contribution is 2.05. The minimum atomic E-state index is -2.09. The minimum Gasteiger partial charge on any atom is -0.768 e. The predicted octanol–water partition coefficient (Wildman–Crippen LogP) is 1.07. The first-order chi connectivity index (χ1) is 6.70. The smallest absolute Gasteiger partial charge is 0.0248 e. The van der Waals surface area contributed by atoms with Crippen molar-refractivity contribution in [2.45, 2.75) is 11.8 Å². The SMILES string of the molecule is C=N.CN.Cc1ccc(S(=O)[O-])cc1. The molecular weight excluding hydrogens is 200 g/mol. The molecule has 0 saturated carbocycles. The second kappa shape index (κ2) is 10.0. The molecule has 0 aromatic heterocycles. The molecule has 3 N–H and O–H groups in total. The van der Waals surface area contributed by atoms with Gasteiger partial charge in [-0.05, 0) is 43.9 Å². The van der Waals surface area contributed by atoms with Crippen LogP contribution in [0.4, 0.5) is 0 Å². The fourth-order valence-corrected chi connectivity index (χ4v) is 1.01. The summed E-state index contributed by atoms with van der Waals surface area (Å²) in [5.41, 5.74) is 5.56. The molecule has 1 rings (SSSR count). The van der Waals surface area contributed by atoms with Gasteiger partial charge in [0.05, 0.1) is 0 Å². The summed E-state index contributed by atoms with van der Waals surface area (Å²) < 4.78 is 20.6. The molecule has 0 spiro atoms. The molecule has 14 heavy (non-hydrogen) atoms. The van der Waals surface area contributed by atoms with Gasteiger partial charge in [-0.25, -0.2) is 0 Å². The zero-order chi connectivity index (χ0) is 11.6. The Morgan fingerprint density at radius 3 is 1.93 bits per heavy atom. The Morgan fingerprint density at radius 1 is 1.29 bits per heavy atom. The Kier molecular flexibility index (Phi) is 11.1. The van der Waals surface area contributed by atoms with Crippen LogP contribution in [0.1, 0.15) is 5.56 Å². The number of nitrogens with two attached hydrogens (primary N) is 1. The van der Waals surface area contributed by atoms with Gasteiger partial charge in [-0.1, -0.05) is 17.7 Å². The molecule has 0 bridgehead atoms. The fraction of sp³-hybridized carbons (Fsp3) is 0.222. The van der Waals surface area contributed by atoms with Crippen LogP contribution < -0.4 is 5.73 Å². The topological polar surface area (TPSA) is 90.0 Å². The van der Waals surface area contributed by atoms with Gasteiger partial charge in [0.15, 0.2) is 0 Å². The summed E-state index contributed by atoms with van der Waals surface area (Å²) in [6.07, 6.45) is 0. The second-order valence-electron chi connectivity index (χ2n) is 2.05. The van der Waals surface area contributed by atoms with Crippen molar-refractivity contribution < 1.29 is 8.76 Å². The molecule has 5 heteroatoms. The van der Waals surface area contributed by atoms with Gasteiger partial charge in [-0.2, -0.15) is 0 Å². The quantitative estimate of drug-likeness (QED) is 0.542. The average molecular weight is 215 g/mol. The number of aryl methyl sites for hydroxylation is 1. The monoisotopic (exact) mass is 215 g/mol. The first-order valence-corrected chi connectivity index (χ1v) is 4.86. The maximum atomic E-state index is 10.3. The summed E-state index contributed by atoms with van der Waals surface area (Å²) in [6, 6.07) is 6.70. The van der Waals surface area contributed by atoms with E-state index in [1.54, 1.807) is 24.3 Å². The van der Waals surface area contributed by atoms with Gasteiger partial charge in [-0.15, -0.1) is 0 Å². The van der Waals surface area contributed by atoms with Crippen molar-refractivity contribution in [2.24, 2.45) is 5.73 Å². The van der Waals surface area contributed by atoms with Crippen molar-refractivity contribution in [3.8, 4) is 0 Å². The molecule has 0 fully saturated rings. The molecule has 0 aliphatic heterocycles. The van der Waals surface area contributed by atoms with Crippen LogP contribution >= 0.6 is 0 Å². The molecule has 0 radical (unpaired) electrons. The lowest BCUT2D eigenvalue weighted by molar-refractivity contribution is 0.537. The van der Waals surface area contributed by atoms with Crippen molar-refractivity contribution in [3.63, 3.8) is 0 Å². The number of nitrogens with one attached hydrogen (secondary N) is 1. The van der Waals surface area contributed by atoms with Crippen molar-refractivity contribution >= 4 is 17.8 Å². The summed E-state index contributed by atoms with van der Waals surface area (Å²) >= 11 is -2.09. The maximum Gasteiger partial charge on any atom is 0.0248 e. The van der Waals surface area contributed by atoms with Crippen molar-refractivity contribution in [2.75, 3.05) is 7.05 Å².